The van der Waals surface area contributed by atoms with E-state index in [2.05, 4.69) is 0 Å². The molecule has 3 aromatic rings. The Morgan fingerprint density at radius 3 is 1.86 bits per heavy atom. The second-order valence-corrected chi connectivity index (χ2v) is 8.26. The van der Waals surface area contributed by atoms with E-state index in [1.165, 1.54) is 0 Å². The van der Waals surface area contributed by atoms with Gasteiger partial charge in [0.2, 0.25) is 5.91 Å². The zero-order valence-electron chi connectivity index (χ0n) is 19.5. The summed E-state index contributed by atoms with van der Waals surface area (Å²) in [5.41, 5.74) is 1.87. The van der Waals surface area contributed by atoms with Crippen molar-refractivity contribution in [3.8, 4) is 5.75 Å². The number of ether oxygens (including phenoxy) is 2. The third kappa shape index (κ3) is 5.66. The van der Waals surface area contributed by atoms with Gasteiger partial charge in [-0.3, -0.25) is 19.3 Å². The van der Waals surface area contributed by atoms with Crippen molar-refractivity contribution in [2.24, 2.45) is 11.8 Å². The number of benzene rings is 3. The van der Waals surface area contributed by atoms with Gasteiger partial charge in [0.1, 0.15) is 5.75 Å². The first-order valence-electron chi connectivity index (χ1n) is 11.5. The zero-order chi connectivity index (χ0) is 24.6. The van der Waals surface area contributed by atoms with Crippen molar-refractivity contribution in [3.63, 3.8) is 0 Å². The van der Waals surface area contributed by atoms with E-state index in [1.54, 1.807) is 36.3 Å². The van der Waals surface area contributed by atoms with Crippen molar-refractivity contribution in [1.29, 1.82) is 0 Å². The van der Waals surface area contributed by atoms with Crippen LogP contribution >= 0.6 is 0 Å². The Balaban J connectivity index is 1.50. The van der Waals surface area contributed by atoms with E-state index in [1.807, 2.05) is 72.8 Å². The van der Waals surface area contributed by atoms with Crippen LogP contribution in [0.1, 0.15) is 23.2 Å². The molecule has 4 rings (SSSR count). The van der Waals surface area contributed by atoms with Gasteiger partial charge in [0.15, 0.2) is 12.4 Å². The summed E-state index contributed by atoms with van der Waals surface area (Å²) < 4.78 is 10.5. The third-order valence-corrected chi connectivity index (χ3v) is 6.06. The largest absolute Gasteiger partial charge is 0.497 e. The number of para-hydroxylation sites is 2. The van der Waals surface area contributed by atoms with Gasteiger partial charge >= 0.3 is 5.97 Å². The quantitative estimate of drug-likeness (QED) is 0.252. The Hall–Kier alpha value is -4.19. The average molecular weight is 470 g/mol. The van der Waals surface area contributed by atoms with Crippen molar-refractivity contribution in [2.45, 2.75) is 12.8 Å². The molecule has 6 nitrogen and oxygen atoms in total. The van der Waals surface area contributed by atoms with Gasteiger partial charge in [-0.1, -0.05) is 48.6 Å². The number of esters is 1. The Morgan fingerprint density at radius 2 is 1.31 bits per heavy atom. The molecule has 178 valence electrons. The first kappa shape index (κ1) is 24.0. The fraction of sp³-hybridized carbons (Fsp3) is 0.207. The topological polar surface area (TPSA) is 72.9 Å². The molecule has 2 atom stereocenters. The molecule has 2 unspecified atom stereocenters. The molecule has 0 saturated carbocycles. The molecule has 1 aliphatic rings. The standard InChI is InChI=1S/C29H27NO5/c1-34-24-18-16-21(17-19-24)27(31)20-35-29(33)26-15-9-8-14-25(26)28(32)30(22-10-4-2-5-11-22)23-12-6-3-7-13-23/h2-13,16-19,25-26H,14-15,20H2,1H3. The first-order valence-corrected chi connectivity index (χ1v) is 11.5. The van der Waals surface area contributed by atoms with Crippen LogP contribution in [0.2, 0.25) is 0 Å². The van der Waals surface area contributed by atoms with Crippen LogP contribution in [0.3, 0.4) is 0 Å². The summed E-state index contributed by atoms with van der Waals surface area (Å²) in [6.07, 6.45) is 4.60. The average Bonchev–Trinajstić information content (AvgIpc) is 2.93. The van der Waals surface area contributed by atoms with E-state index in [0.29, 0.717) is 24.2 Å². The van der Waals surface area contributed by atoms with E-state index in [0.717, 1.165) is 11.4 Å². The Kier molecular flexibility index (Phi) is 7.73. The van der Waals surface area contributed by atoms with Crippen molar-refractivity contribution in [3.05, 3.63) is 103 Å². The predicted octanol–water partition coefficient (Wildman–Crippen LogP) is 5.37. The molecular formula is C29H27NO5. The van der Waals surface area contributed by atoms with Gasteiger partial charge in [-0.05, 0) is 61.4 Å². The van der Waals surface area contributed by atoms with Crippen molar-refractivity contribution >= 4 is 29.0 Å². The molecule has 1 aliphatic carbocycles. The summed E-state index contributed by atoms with van der Waals surface area (Å²) in [4.78, 5) is 41.0. The minimum absolute atomic E-state index is 0.185. The highest BCUT2D eigenvalue weighted by Gasteiger charge is 2.38. The van der Waals surface area contributed by atoms with Gasteiger partial charge in [0.25, 0.3) is 0 Å². The van der Waals surface area contributed by atoms with Gasteiger partial charge in [-0.2, -0.15) is 0 Å². The number of Topliss-reactive ketones (excluding diaryl/α,β-unsaturated/α-hetero) is 1. The number of rotatable bonds is 8. The fourth-order valence-electron chi connectivity index (χ4n) is 4.18. The Morgan fingerprint density at radius 1 is 0.771 bits per heavy atom. The number of hydrogen-bond acceptors (Lipinski definition) is 5. The molecular weight excluding hydrogens is 442 g/mol. The number of methoxy groups -OCH3 is 1. The van der Waals surface area contributed by atoms with Crippen LogP contribution in [0.4, 0.5) is 11.4 Å². The Labute approximate surface area is 204 Å². The van der Waals surface area contributed by atoms with Crippen LogP contribution in [0.5, 0.6) is 5.75 Å². The molecule has 0 aromatic heterocycles. The second-order valence-electron chi connectivity index (χ2n) is 8.26. The van der Waals surface area contributed by atoms with Crippen molar-refractivity contribution in [1.82, 2.24) is 0 Å². The zero-order valence-corrected chi connectivity index (χ0v) is 19.5. The molecule has 1 amide bonds. The minimum atomic E-state index is -0.675. The van der Waals surface area contributed by atoms with Gasteiger partial charge < -0.3 is 9.47 Å². The number of allylic oxidation sites excluding steroid dienone is 2. The van der Waals surface area contributed by atoms with Crippen LogP contribution in [-0.2, 0) is 14.3 Å². The van der Waals surface area contributed by atoms with Gasteiger partial charge in [-0.15, -0.1) is 0 Å². The van der Waals surface area contributed by atoms with E-state index < -0.39 is 17.8 Å². The summed E-state index contributed by atoms with van der Waals surface area (Å²) in [6.45, 7) is -0.382. The molecule has 0 bridgehead atoms. The maximum absolute atomic E-state index is 13.8. The van der Waals surface area contributed by atoms with Gasteiger partial charge in [0, 0.05) is 16.9 Å². The molecule has 0 spiro atoms. The highest BCUT2D eigenvalue weighted by atomic mass is 16.5. The van der Waals surface area contributed by atoms with Crippen LogP contribution in [0.15, 0.2) is 97.1 Å². The summed E-state index contributed by atoms with van der Waals surface area (Å²) >= 11 is 0. The van der Waals surface area contributed by atoms with Crippen LogP contribution in [0, 0.1) is 11.8 Å². The number of anilines is 2. The van der Waals surface area contributed by atoms with Gasteiger partial charge in [0.05, 0.1) is 18.9 Å². The number of hydrogen-bond donors (Lipinski definition) is 0. The summed E-state index contributed by atoms with van der Waals surface area (Å²) in [5, 5.41) is 0. The minimum Gasteiger partial charge on any atom is -0.497 e. The molecule has 0 radical (unpaired) electrons. The van der Waals surface area contributed by atoms with E-state index in [-0.39, 0.29) is 18.3 Å². The number of nitrogens with zero attached hydrogens (tertiary/aromatic N) is 1. The lowest BCUT2D eigenvalue weighted by atomic mass is 9.81. The first-order chi connectivity index (χ1) is 17.1. The predicted molar refractivity (Wildman–Crippen MR) is 134 cm³/mol. The number of carbonyl (C=O) groups is 3. The molecule has 0 heterocycles. The fourth-order valence-corrected chi connectivity index (χ4v) is 4.18. The maximum atomic E-state index is 13.8. The second kappa shape index (κ2) is 11.3. The smallest absolute Gasteiger partial charge is 0.310 e. The molecule has 0 aliphatic heterocycles. The summed E-state index contributed by atoms with van der Waals surface area (Å²) in [7, 11) is 1.55. The van der Waals surface area contributed by atoms with E-state index >= 15 is 0 Å². The lowest BCUT2D eigenvalue weighted by molar-refractivity contribution is -0.151. The number of ketones is 1. The van der Waals surface area contributed by atoms with Gasteiger partial charge in [-0.25, -0.2) is 0 Å². The molecule has 0 saturated heterocycles. The van der Waals surface area contributed by atoms with Crippen LogP contribution in [0.25, 0.3) is 0 Å². The van der Waals surface area contributed by atoms with E-state index in [4.69, 9.17) is 9.47 Å². The molecule has 0 N–H and O–H groups in total. The monoisotopic (exact) mass is 469 g/mol. The summed E-state index contributed by atoms with van der Waals surface area (Å²) in [6, 6.07) is 25.3. The molecule has 3 aromatic carbocycles. The normalized spacial score (nSPS) is 16.8. The maximum Gasteiger partial charge on any atom is 0.310 e. The SMILES string of the molecule is COc1ccc(C(=O)COC(=O)C2CC=CCC2C(=O)N(c2ccccc2)c2ccccc2)cc1. The molecule has 6 heteroatoms. The number of carbonyl (C=O) groups excluding carboxylic acids is 3. The highest BCUT2D eigenvalue weighted by molar-refractivity contribution is 6.04. The number of amides is 1. The van der Waals surface area contributed by atoms with Crippen molar-refractivity contribution in [2.75, 3.05) is 18.6 Å². The van der Waals surface area contributed by atoms with Crippen molar-refractivity contribution < 1.29 is 23.9 Å². The lowest BCUT2D eigenvalue weighted by Gasteiger charge is -2.32. The molecule has 0 fully saturated rings. The highest BCUT2D eigenvalue weighted by Crippen LogP contribution is 2.34. The van der Waals surface area contributed by atoms with E-state index in [9.17, 15) is 14.4 Å². The lowest BCUT2D eigenvalue weighted by Crippen LogP contribution is -2.40. The Bertz CT molecular complexity index is 1150. The molecule has 35 heavy (non-hydrogen) atoms. The summed E-state index contributed by atoms with van der Waals surface area (Å²) in [5.74, 6) is -1.69. The third-order valence-electron chi connectivity index (χ3n) is 6.06. The van der Waals surface area contributed by atoms with Crippen LogP contribution in [-0.4, -0.2) is 31.4 Å². The van der Waals surface area contributed by atoms with Crippen LogP contribution < -0.4 is 9.64 Å².